The Morgan fingerprint density at radius 1 is 1.26 bits per heavy atom. The largest absolute Gasteiger partial charge is 0.388 e. The summed E-state index contributed by atoms with van der Waals surface area (Å²) >= 11 is 0. The standard InChI is InChI=1S/C22H38N4O/c1-3-23-22(25-15-13-21(27)20-11-5-4-6-12-20)24-14-7-8-16-26-17-9-10-19(2)18-26/h4-6,11-12,19,21,27H,3,7-10,13-18H2,1-2H3,(H2,23,24,25). The number of aliphatic hydroxyl groups excluding tert-OH is 1. The molecule has 5 nitrogen and oxygen atoms in total. The molecular weight excluding hydrogens is 336 g/mol. The van der Waals surface area contributed by atoms with Crippen LogP contribution in [0.25, 0.3) is 0 Å². The van der Waals surface area contributed by atoms with Gasteiger partial charge in [-0.15, -0.1) is 0 Å². The molecule has 1 heterocycles. The highest BCUT2D eigenvalue weighted by Gasteiger charge is 2.15. The predicted molar refractivity (Wildman–Crippen MR) is 114 cm³/mol. The Kier molecular flexibility index (Phi) is 10.2. The molecule has 3 N–H and O–H groups in total. The van der Waals surface area contributed by atoms with E-state index >= 15 is 0 Å². The van der Waals surface area contributed by atoms with Gasteiger partial charge < -0.3 is 20.6 Å². The normalized spacial score (nSPS) is 19.7. The Labute approximate surface area is 165 Å². The summed E-state index contributed by atoms with van der Waals surface area (Å²) in [7, 11) is 0. The molecular formula is C22H38N4O. The minimum Gasteiger partial charge on any atom is -0.388 e. The molecule has 152 valence electrons. The number of benzene rings is 1. The number of unbranched alkanes of at least 4 members (excludes halogenated alkanes) is 1. The average Bonchev–Trinajstić information content (AvgIpc) is 2.68. The summed E-state index contributed by atoms with van der Waals surface area (Å²) in [6.07, 6.45) is 5.30. The summed E-state index contributed by atoms with van der Waals surface area (Å²) in [6.45, 7) is 10.6. The Hall–Kier alpha value is -1.59. The Bertz CT molecular complexity index is 534. The summed E-state index contributed by atoms with van der Waals surface area (Å²) in [5.74, 6) is 1.71. The number of aliphatic hydroxyl groups is 1. The summed E-state index contributed by atoms with van der Waals surface area (Å²) < 4.78 is 0. The topological polar surface area (TPSA) is 59.9 Å². The number of aliphatic imine (C=N–C) groups is 1. The van der Waals surface area contributed by atoms with Crippen LogP contribution >= 0.6 is 0 Å². The van der Waals surface area contributed by atoms with Crippen molar-refractivity contribution >= 4 is 5.96 Å². The van der Waals surface area contributed by atoms with Gasteiger partial charge in [0.25, 0.3) is 0 Å². The molecule has 1 aromatic rings. The van der Waals surface area contributed by atoms with Gasteiger partial charge in [0.05, 0.1) is 6.10 Å². The van der Waals surface area contributed by atoms with Gasteiger partial charge in [-0.1, -0.05) is 37.3 Å². The third kappa shape index (κ3) is 8.76. The lowest BCUT2D eigenvalue weighted by molar-refractivity contribution is 0.168. The summed E-state index contributed by atoms with van der Waals surface area (Å²) in [5.41, 5.74) is 0.966. The van der Waals surface area contributed by atoms with E-state index < -0.39 is 6.10 Å². The quantitative estimate of drug-likeness (QED) is 0.334. The molecule has 1 saturated heterocycles. The van der Waals surface area contributed by atoms with Crippen LogP contribution in [0.15, 0.2) is 35.3 Å². The lowest BCUT2D eigenvalue weighted by atomic mass is 10.0. The molecule has 0 amide bonds. The van der Waals surface area contributed by atoms with Crippen molar-refractivity contribution in [3.8, 4) is 0 Å². The number of likely N-dealkylation sites (tertiary alicyclic amines) is 1. The van der Waals surface area contributed by atoms with Crippen molar-refractivity contribution in [1.29, 1.82) is 0 Å². The molecule has 0 spiro atoms. The van der Waals surface area contributed by atoms with Crippen LogP contribution in [0.5, 0.6) is 0 Å². The van der Waals surface area contributed by atoms with Crippen molar-refractivity contribution < 1.29 is 5.11 Å². The smallest absolute Gasteiger partial charge is 0.191 e. The maximum atomic E-state index is 10.2. The van der Waals surface area contributed by atoms with Crippen LogP contribution in [0.2, 0.25) is 0 Å². The predicted octanol–water partition coefficient (Wildman–Crippen LogP) is 3.18. The van der Waals surface area contributed by atoms with E-state index in [0.717, 1.165) is 37.0 Å². The third-order valence-electron chi connectivity index (χ3n) is 5.13. The maximum absolute atomic E-state index is 10.2. The highest BCUT2D eigenvalue weighted by molar-refractivity contribution is 5.79. The summed E-state index contributed by atoms with van der Waals surface area (Å²) in [6, 6.07) is 9.82. The highest BCUT2D eigenvalue weighted by Crippen LogP contribution is 2.16. The Morgan fingerprint density at radius 3 is 2.81 bits per heavy atom. The van der Waals surface area contributed by atoms with Crippen molar-refractivity contribution in [2.75, 3.05) is 39.3 Å². The number of nitrogens with one attached hydrogen (secondary N) is 2. The first-order valence-electron chi connectivity index (χ1n) is 10.7. The van der Waals surface area contributed by atoms with Gasteiger partial charge in [-0.2, -0.15) is 0 Å². The summed E-state index contributed by atoms with van der Waals surface area (Å²) in [4.78, 5) is 7.28. The molecule has 0 aliphatic carbocycles. The van der Waals surface area contributed by atoms with E-state index in [0.29, 0.717) is 13.0 Å². The highest BCUT2D eigenvalue weighted by atomic mass is 16.3. The van der Waals surface area contributed by atoms with Crippen LogP contribution in [0, 0.1) is 5.92 Å². The van der Waals surface area contributed by atoms with Crippen molar-refractivity contribution in [1.82, 2.24) is 15.5 Å². The fraction of sp³-hybridized carbons (Fsp3) is 0.682. The molecule has 0 radical (unpaired) electrons. The molecule has 0 aromatic heterocycles. The van der Waals surface area contributed by atoms with E-state index in [4.69, 9.17) is 0 Å². The van der Waals surface area contributed by atoms with Crippen molar-refractivity contribution in [3.05, 3.63) is 35.9 Å². The first kappa shape index (κ1) is 21.7. The van der Waals surface area contributed by atoms with Gasteiger partial charge in [0, 0.05) is 26.2 Å². The molecule has 2 rings (SSSR count). The molecule has 1 aliphatic rings. The monoisotopic (exact) mass is 374 g/mol. The number of hydrogen-bond donors (Lipinski definition) is 3. The fourth-order valence-electron chi connectivity index (χ4n) is 3.64. The van der Waals surface area contributed by atoms with Crippen molar-refractivity contribution in [2.24, 2.45) is 10.9 Å². The van der Waals surface area contributed by atoms with Gasteiger partial charge in [0.15, 0.2) is 5.96 Å². The van der Waals surface area contributed by atoms with Crippen LogP contribution in [0.1, 0.15) is 57.6 Å². The first-order valence-corrected chi connectivity index (χ1v) is 10.7. The molecule has 1 fully saturated rings. The zero-order valence-electron chi connectivity index (χ0n) is 17.2. The van der Waals surface area contributed by atoms with Gasteiger partial charge in [0.2, 0.25) is 0 Å². The second-order valence-corrected chi connectivity index (χ2v) is 7.66. The average molecular weight is 375 g/mol. The molecule has 1 aliphatic heterocycles. The van der Waals surface area contributed by atoms with Gasteiger partial charge in [-0.25, -0.2) is 0 Å². The lowest BCUT2D eigenvalue weighted by Gasteiger charge is -2.30. The van der Waals surface area contributed by atoms with E-state index in [2.05, 4.69) is 34.4 Å². The second-order valence-electron chi connectivity index (χ2n) is 7.66. The molecule has 27 heavy (non-hydrogen) atoms. The van der Waals surface area contributed by atoms with Gasteiger partial charge >= 0.3 is 0 Å². The van der Waals surface area contributed by atoms with Crippen molar-refractivity contribution in [3.63, 3.8) is 0 Å². The van der Waals surface area contributed by atoms with Crippen LogP contribution in [-0.2, 0) is 0 Å². The van der Waals surface area contributed by atoms with Crippen LogP contribution in [0.4, 0.5) is 0 Å². The number of guanidine groups is 1. The maximum Gasteiger partial charge on any atom is 0.191 e. The molecule has 1 aromatic carbocycles. The molecule has 0 bridgehead atoms. The molecule has 2 atom stereocenters. The van der Waals surface area contributed by atoms with E-state index in [1.807, 2.05) is 30.3 Å². The molecule has 0 saturated carbocycles. The SMILES string of the molecule is CCNC(=NCCCCN1CCCC(C)C1)NCCC(O)c1ccccc1. The van der Waals surface area contributed by atoms with Crippen LogP contribution in [-0.4, -0.2) is 55.2 Å². The van der Waals surface area contributed by atoms with E-state index in [1.54, 1.807) is 0 Å². The number of rotatable bonds is 10. The van der Waals surface area contributed by atoms with Gasteiger partial charge in [0.1, 0.15) is 0 Å². The lowest BCUT2D eigenvalue weighted by Crippen LogP contribution is -2.38. The van der Waals surface area contributed by atoms with E-state index in [1.165, 1.54) is 38.9 Å². The van der Waals surface area contributed by atoms with Crippen molar-refractivity contribution in [2.45, 2.75) is 52.1 Å². The van der Waals surface area contributed by atoms with Gasteiger partial charge in [-0.05, 0) is 63.6 Å². The number of hydrogen-bond acceptors (Lipinski definition) is 3. The van der Waals surface area contributed by atoms with E-state index in [9.17, 15) is 5.11 Å². The van der Waals surface area contributed by atoms with Crippen LogP contribution in [0.3, 0.4) is 0 Å². The van der Waals surface area contributed by atoms with E-state index in [-0.39, 0.29) is 0 Å². The second kappa shape index (κ2) is 12.7. The minimum absolute atomic E-state index is 0.437. The minimum atomic E-state index is -0.437. The first-order chi connectivity index (χ1) is 13.2. The zero-order chi connectivity index (χ0) is 19.3. The molecule has 5 heteroatoms. The number of nitrogens with zero attached hydrogens (tertiary/aromatic N) is 2. The third-order valence-corrected chi connectivity index (χ3v) is 5.13. The molecule has 2 unspecified atom stereocenters. The number of piperidine rings is 1. The Balaban J connectivity index is 1.63. The van der Waals surface area contributed by atoms with Crippen LogP contribution < -0.4 is 10.6 Å². The Morgan fingerprint density at radius 2 is 2.07 bits per heavy atom. The van der Waals surface area contributed by atoms with Gasteiger partial charge in [-0.3, -0.25) is 4.99 Å². The fourth-order valence-corrected chi connectivity index (χ4v) is 3.64. The summed E-state index contributed by atoms with van der Waals surface area (Å²) in [5, 5.41) is 16.9. The zero-order valence-corrected chi connectivity index (χ0v) is 17.2.